The molecule has 0 atom stereocenters. The van der Waals surface area contributed by atoms with Crippen molar-refractivity contribution in [1.82, 2.24) is 20.3 Å². The van der Waals surface area contributed by atoms with Crippen molar-refractivity contribution in [3.05, 3.63) is 82.2 Å². The van der Waals surface area contributed by atoms with Gasteiger partial charge < -0.3 is 19.8 Å². The van der Waals surface area contributed by atoms with Crippen molar-refractivity contribution in [3.63, 3.8) is 0 Å². The first-order chi connectivity index (χ1) is 16.0. The number of nitrogens with one attached hydrogen (secondary N) is 2. The molecule has 1 amide bonds. The summed E-state index contributed by atoms with van der Waals surface area (Å²) in [5, 5.41) is 3.28. The van der Waals surface area contributed by atoms with Gasteiger partial charge in [0.2, 0.25) is 0 Å². The Morgan fingerprint density at radius 1 is 1.03 bits per heavy atom. The number of pyridine rings is 1. The number of carbonyl (C=O) groups excluding carboxylic acids is 1. The van der Waals surface area contributed by atoms with Gasteiger partial charge in [0.1, 0.15) is 22.5 Å². The Morgan fingerprint density at radius 2 is 1.88 bits per heavy atom. The van der Waals surface area contributed by atoms with Crippen LogP contribution in [0.5, 0.6) is 11.5 Å². The number of H-pyrrole nitrogens is 1. The summed E-state index contributed by atoms with van der Waals surface area (Å²) in [5.74, 6) is 1.75. The second-order valence-corrected chi connectivity index (χ2v) is 7.88. The number of hydrogen-bond donors (Lipinski definition) is 2. The van der Waals surface area contributed by atoms with Crippen molar-refractivity contribution in [2.24, 2.45) is 0 Å². The van der Waals surface area contributed by atoms with Gasteiger partial charge in [-0.1, -0.05) is 41.4 Å². The first kappa shape index (κ1) is 22.6. The second-order valence-electron chi connectivity index (χ2n) is 7.09. The minimum absolute atomic E-state index is 0.0988. The zero-order valence-corrected chi connectivity index (χ0v) is 19.4. The Morgan fingerprint density at radius 3 is 2.67 bits per heavy atom. The van der Waals surface area contributed by atoms with Crippen LogP contribution in [0.4, 0.5) is 0 Å². The molecule has 2 aromatic carbocycles. The fourth-order valence-corrected chi connectivity index (χ4v) is 3.66. The lowest BCUT2D eigenvalue weighted by Gasteiger charge is -2.09. The summed E-state index contributed by atoms with van der Waals surface area (Å²) in [6.07, 6.45) is 3.14. The molecule has 0 aliphatic rings. The zero-order valence-electron chi connectivity index (χ0n) is 17.9. The van der Waals surface area contributed by atoms with Gasteiger partial charge in [-0.05, 0) is 35.9 Å². The molecule has 0 unspecified atom stereocenters. The van der Waals surface area contributed by atoms with Crippen molar-refractivity contribution in [3.8, 4) is 34.1 Å². The highest BCUT2D eigenvalue weighted by Gasteiger charge is 2.14. The summed E-state index contributed by atoms with van der Waals surface area (Å²) in [5.41, 5.74) is 3.62. The lowest BCUT2D eigenvalue weighted by molar-refractivity contribution is 0.0950. The van der Waals surface area contributed by atoms with Crippen molar-refractivity contribution in [1.29, 1.82) is 0 Å². The third-order valence-electron chi connectivity index (χ3n) is 4.98. The predicted molar refractivity (Wildman–Crippen MR) is 128 cm³/mol. The average Bonchev–Trinajstić information content (AvgIpc) is 3.34. The van der Waals surface area contributed by atoms with E-state index in [0.29, 0.717) is 23.1 Å². The SMILES string of the molecule is COc1ccc(OC)c(-c2cnc(-c3cccc(CNC(=O)c4cc(Cl)cnc4Cl)c3)[nH]2)c1. The van der Waals surface area contributed by atoms with Gasteiger partial charge in [0, 0.05) is 23.9 Å². The molecule has 0 bridgehead atoms. The van der Waals surface area contributed by atoms with E-state index in [9.17, 15) is 4.79 Å². The largest absolute Gasteiger partial charge is 0.497 e. The van der Waals surface area contributed by atoms with E-state index in [-0.39, 0.29) is 16.6 Å². The van der Waals surface area contributed by atoms with E-state index in [2.05, 4.69) is 20.3 Å². The van der Waals surface area contributed by atoms with Crippen molar-refractivity contribution < 1.29 is 14.3 Å². The minimum atomic E-state index is -0.356. The molecule has 2 heterocycles. The molecular weight excluding hydrogens is 463 g/mol. The molecule has 0 fully saturated rings. The van der Waals surface area contributed by atoms with Gasteiger partial charge in [0.05, 0.1) is 36.7 Å². The van der Waals surface area contributed by atoms with Crippen LogP contribution in [0.1, 0.15) is 15.9 Å². The van der Waals surface area contributed by atoms with Crippen molar-refractivity contribution in [2.75, 3.05) is 14.2 Å². The number of halogens is 2. The van der Waals surface area contributed by atoms with Crippen LogP contribution >= 0.6 is 23.2 Å². The molecule has 7 nitrogen and oxygen atoms in total. The normalized spacial score (nSPS) is 10.7. The van der Waals surface area contributed by atoms with Gasteiger partial charge in [-0.25, -0.2) is 9.97 Å². The van der Waals surface area contributed by atoms with Crippen LogP contribution in [0.2, 0.25) is 10.2 Å². The smallest absolute Gasteiger partial charge is 0.254 e. The molecule has 0 radical (unpaired) electrons. The van der Waals surface area contributed by atoms with E-state index in [4.69, 9.17) is 32.7 Å². The Balaban J connectivity index is 1.53. The molecule has 2 N–H and O–H groups in total. The van der Waals surface area contributed by atoms with Crippen molar-refractivity contribution >= 4 is 29.1 Å². The number of nitrogens with zero attached hydrogens (tertiary/aromatic N) is 2. The summed E-state index contributed by atoms with van der Waals surface area (Å²) in [7, 11) is 3.23. The fourth-order valence-electron chi connectivity index (χ4n) is 3.32. The molecule has 4 aromatic rings. The van der Waals surface area contributed by atoms with E-state index in [1.54, 1.807) is 20.4 Å². The monoisotopic (exact) mass is 482 g/mol. The molecule has 0 saturated carbocycles. The number of methoxy groups -OCH3 is 2. The summed E-state index contributed by atoms with van der Waals surface area (Å²) in [4.78, 5) is 24.2. The molecule has 33 heavy (non-hydrogen) atoms. The second kappa shape index (κ2) is 9.94. The quantitative estimate of drug-likeness (QED) is 0.344. The molecule has 4 rings (SSSR count). The van der Waals surface area contributed by atoms with Crippen LogP contribution in [-0.4, -0.2) is 35.1 Å². The number of aromatic amines is 1. The standard InChI is InChI=1S/C24H20Cl2N4O3/c1-32-17-6-7-21(33-2)18(10-17)20-13-28-23(30-20)15-5-3-4-14(8-15)11-29-24(31)19-9-16(25)12-27-22(19)26/h3-10,12-13H,11H2,1-2H3,(H,28,30)(H,29,31). The number of amides is 1. The number of ether oxygens (including phenoxy) is 2. The highest BCUT2D eigenvalue weighted by atomic mass is 35.5. The molecule has 0 aliphatic heterocycles. The first-order valence-corrected chi connectivity index (χ1v) is 10.7. The molecule has 168 valence electrons. The predicted octanol–water partition coefficient (Wildman–Crippen LogP) is 5.39. The summed E-state index contributed by atoms with van der Waals surface area (Å²) in [6, 6.07) is 14.8. The maximum atomic E-state index is 12.5. The van der Waals surface area contributed by atoms with Crippen LogP contribution in [0.3, 0.4) is 0 Å². The summed E-state index contributed by atoms with van der Waals surface area (Å²) >= 11 is 11.9. The molecule has 0 saturated heterocycles. The van der Waals surface area contributed by atoms with Crippen molar-refractivity contribution in [2.45, 2.75) is 6.54 Å². The summed E-state index contributed by atoms with van der Waals surface area (Å²) < 4.78 is 10.8. The van der Waals surface area contributed by atoms with Gasteiger partial charge in [-0.15, -0.1) is 0 Å². The summed E-state index contributed by atoms with van der Waals surface area (Å²) in [6.45, 7) is 0.298. The number of carbonyl (C=O) groups is 1. The van der Waals surface area contributed by atoms with Crippen LogP contribution in [0, 0.1) is 0 Å². The topological polar surface area (TPSA) is 89.1 Å². The fraction of sp³-hybridized carbons (Fsp3) is 0.125. The third-order valence-corrected chi connectivity index (χ3v) is 5.48. The van der Waals surface area contributed by atoms with Gasteiger partial charge >= 0.3 is 0 Å². The lowest BCUT2D eigenvalue weighted by atomic mass is 10.1. The average molecular weight is 483 g/mol. The minimum Gasteiger partial charge on any atom is -0.497 e. The van der Waals surface area contributed by atoms with E-state index in [1.165, 1.54) is 12.3 Å². The van der Waals surface area contributed by atoms with E-state index in [0.717, 1.165) is 28.1 Å². The van der Waals surface area contributed by atoms with E-state index < -0.39 is 0 Å². The van der Waals surface area contributed by atoms with E-state index >= 15 is 0 Å². The van der Waals surface area contributed by atoms with Crippen LogP contribution in [0.15, 0.2) is 60.9 Å². The van der Waals surface area contributed by atoms with Gasteiger partial charge in [0.15, 0.2) is 0 Å². The van der Waals surface area contributed by atoms with Crippen LogP contribution < -0.4 is 14.8 Å². The van der Waals surface area contributed by atoms with Crippen LogP contribution in [-0.2, 0) is 6.54 Å². The Labute approximate surface area is 200 Å². The Kier molecular flexibility index (Phi) is 6.82. The maximum Gasteiger partial charge on any atom is 0.254 e. The van der Waals surface area contributed by atoms with Gasteiger partial charge in [-0.2, -0.15) is 0 Å². The lowest BCUT2D eigenvalue weighted by Crippen LogP contribution is -2.23. The highest BCUT2D eigenvalue weighted by Crippen LogP contribution is 2.33. The molecule has 0 aliphatic carbocycles. The van der Waals surface area contributed by atoms with Gasteiger partial charge in [0.25, 0.3) is 5.91 Å². The zero-order chi connectivity index (χ0) is 23.4. The first-order valence-electron chi connectivity index (χ1n) is 9.94. The molecule has 9 heteroatoms. The third kappa shape index (κ3) is 5.10. The van der Waals surface area contributed by atoms with E-state index in [1.807, 2.05) is 42.5 Å². The van der Waals surface area contributed by atoms with Gasteiger partial charge in [-0.3, -0.25) is 4.79 Å². The Hall–Kier alpha value is -3.55. The number of benzene rings is 2. The van der Waals surface area contributed by atoms with Crippen LogP contribution in [0.25, 0.3) is 22.6 Å². The number of hydrogen-bond acceptors (Lipinski definition) is 5. The molecule has 2 aromatic heterocycles. The molecule has 0 spiro atoms. The maximum absolute atomic E-state index is 12.5. The number of rotatable bonds is 7. The number of imidazole rings is 1. The molecular formula is C24H20Cl2N4O3. The highest BCUT2D eigenvalue weighted by molar-refractivity contribution is 6.34. The Bertz CT molecular complexity index is 1310. The number of aromatic nitrogens is 3.